The van der Waals surface area contributed by atoms with E-state index in [1.807, 2.05) is 31.5 Å². The minimum absolute atomic E-state index is 0.0727. The average Bonchev–Trinajstić information content (AvgIpc) is 2.63. The molecule has 0 aliphatic rings. The van der Waals surface area contributed by atoms with Gasteiger partial charge >= 0.3 is 0 Å². The summed E-state index contributed by atoms with van der Waals surface area (Å²) >= 11 is 0. The second-order valence-corrected chi connectivity index (χ2v) is 5.15. The van der Waals surface area contributed by atoms with Crippen LogP contribution in [0.3, 0.4) is 0 Å². The number of hydrogen-bond donors (Lipinski definition) is 0. The van der Waals surface area contributed by atoms with E-state index in [4.69, 9.17) is 4.74 Å². The predicted octanol–water partition coefficient (Wildman–Crippen LogP) is 2.22. The lowest BCUT2D eigenvalue weighted by Gasteiger charge is -2.18. The molecule has 0 atom stereocenters. The molecule has 0 aliphatic heterocycles. The fraction of sp³-hybridized carbons (Fsp3) is 0.692. The molecule has 17 heavy (non-hydrogen) atoms. The lowest BCUT2D eigenvalue weighted by Crippen LogP contribution is -2.25. The van der Waals surface area contributed by atoms with Crippen LogP contribution in [0.2, 0.25) is 0 Å². The van der Waals surface area contributed by atoms with Gasteiger partial charge in [0.05, 0.1) is 12.0 Å². The van der Waals surface area contributed by atoms with Gasteiger partial charge in [-0.15, -0.1) is 0 Å². The number of aromatic nitrogens is 2. The molecule has 1 aromatic rings. The molecule has 4 nitrogen and oxygen atoms in total. The Kier molecular flexibility index (Phi) is 4.87. The number of aryl methyl sites for hydroxylation is 1. The number of nitrogens with zero attached hydrogens (tertiary/aromatic N) is 2. The van der Waals surface area contributed by atoms with Crippen LogP contribution in [-0.4, -0.2) is 27.5 Å². The van der Waals surface area contributed by atoms with Crippen molar-refractivity contribution in [3.63, 3.8) is 0 Å². The molecular weight excluding hydrogens is 216 g/mol. The maximum Gasteiger partial charge on any atom is 0.165 e. The number of carbonyl (C=O) groups is 1. The number of hydrogen-bond acceptors (Lipinski definition) is 3. The second-order valence-electron chi connectivity index (χ2n) is 5.15. The van der Waals surface area contributed by atoms with E-state index in [1.54, 1.807) is 6.20 Å². The first kappa shape index (κ1) is 13.9. The van der Waals surface area contributed by atoms with Crippen molar-refractivity contribution in [2.75, 3.05) is 6.61 Å². The Morgan fingerprint density at radius 2 is 2.18 bits per heavy atom. The number of ether oxygens (including phenoxy) is 1. The van der Waals surface area contributed by atoms with E-state index in [9.17, 15) is 4.79 Å². The summed E-state index contributed by atoms with van der Waals surface area (Å²) in [5.41, 5.74) is -0.269. The molecule has 4 heteroatoms. The third-order valence-corrected chi connectivity index (χ3v) is 2.29. The summed E-state index contributed by atoms with van der Waals surface area (Å²) in [7, 11) is 0. The predicted molar refractivity (Wildman–Crippen MR) is 66.9 cm³/mol. The first-order chi connectivity index (χ1) is 7.92. The van der Waals surface area contributed by atoms with Crippen LogP contribution in [0.15, 0.2) is 12.4 Å². The maximum absolute atomic E-state index is 11.7. The molecule has 0 radical (unpaired) electrons. The van der Waals surface area contributed by atoms with Gasteiger partial charge in [-0.2, -0.15) is 0 Å². The highest BCUT2D eigenvalue weighted by Gasteiger charge is 2.14. The summed E-state index contributed by atoms with van der Waals surface area (Å²) in [4.78, 5) is 15.9. The van der Waals surface area contributed by atoms with E-state index in [0.29, 0.717) is 6.42 Å². The quantitative estimate of drug-likeness (QED) is 0.763. The van der Waals surface area contributed by atoms with E-state index in [-0.39, 0.29) is 18.0 Å². The van der Waals surface area contributed by atoms with Crippen LogP contribution in [0, 0.1) is 0 Å². The highest BCUT2D eigenvalue weighted by atomic mass is 16.5. The summed E-state index contributed by atoms with van der Waals surface area (Å²) in [6, 6.07) is 0. The Morgan fingerprint density at radius 1 is 1.47 bits per heavy atom. The number of ketones is 1. The van der Waals surface area contributed by atoms with Crippen molar-refractivity contribution in [2.45, 2.75) is 52.7 Å². The molecule has 1 aromatic heterocycles. The lowest BCUT2D eigenvalue weighted by molar-refractivity contribution is -0.127. The standard InChI is InChI=1S/C13H22N2O2/c1-5-7-15-8-6-14-12(15)9-11(16)10-17-13(2,3)4/h6,8H,5,7,9-10H2,1-4H3. The Labute approximate surface area is 103 Å². The van der Waals surface area contributed by atoms with Crippen LogP contribution in [-0.2, 0) is 22.5 Å². The third-order valence-electron chi connectivity index (χ3n) is 2.29. The first-order valence-electron chi connectivity index (χ1n) is 6.08. The highest BCUT2D eigenvalue weighted by molar-refractivity contribution is 5.81. The molecule has 1 rings (SSSR count). The van der Waals surface area contributed by atoms with Crippen LogP contribution in [0.5, 0.6) is 0 Å². The summed E-state index contributed by atoms with van der Waals surface area (Å²) < 4.78 is 7.48. The molecule has 0 fully saturated rings. The van der Waals surface area contributed by atoms with Gasteiger partial charge in [-0.05, 0) is 27.2 Å². The molecule has 0 N–H and O–H groups in total. The molecule has 0 bridgehead atoms. The van der Waals surface area contributed by atoms with Crippen molar-refractivity contribution in [1.82, 2.24) is 9.55 Å². The fourth-order valence-corrected chi connectivity index (χ4v) is 1.48. The number of rotatable bonds is 6. The lowest BCUT2D eigenvalue weighted by atomic mass is 10.2. The summed E-state index contributed by atoms with van der Waals surface area (Å²) in [6.45, 7) is 8.99. The molecule has 1 heterocycles. The number of Topliss-reactive ketones (excluding diaryl/α,β-unsaturated/α-hetero) is 1. The van der Waals surface area contributed by atoms with E-state index >= 15 is 0 Å². The zero-order chi connectivity index (χ0) is 12.9. The molecule has 0 saturated carbocycles. The zero-order valence-electron chi connectivity index (χ0n) is 11.2. The summed E-state index contributed by atoms with van der Waals surface area (Å²) in [6.07, 6.45) is 5.04. The third kappa shape index (κ3) is 5.13. The van der Waals surface area contributed by atoms with Crippen molar-refractivity contribution in [3.8, 4) is 0 Å². The fourth-order valence-electron chi connectivity index (χ4n) is 1.48. The monoisotopic (exact) mass is 238 g/mol. The molecule has 0 unspecified atom stereocenters. The molecule has 0 saturated heterocycles. The van der Waals surface area contributed by atoms with Crippen LogP contribution in [0.4, 0.5) is 0 Å². The second kappa shape index (κ2) is 5.96. The minimum atomic E-state index is -0.269. The average molecular weight is 238 g/mol. The van der Waals surface area contributed by atoms with Crippen LogP contribution >= 0.6 is 0 Å². The van der Waals surface area contributed by atoms with E-state index in [1.165, 1.54) is 0 Å². The smallest absolute Gasteiger partial charge is 0.165 e. The van der Waals surface area contributed by atoms with Gasteiger partial charge in [0.25, 0.3) is 0 Å². The molecule has 96 valence electrons. The first-order valence-corrected chi connectivity index (χ1v) is 6.08. The van der Waals surface area contributed by atoms with Crippen molar-refractivity contribution in [2.24, 2.45) is 0 Å². The van der Waals surface area contributed by atoms with Crippen LogP contribution in [0.1, 0.15) is 39.9 Å². The Balaban J connectivity index is 2.47. The molecule has 0 aromatic carbocycles. The van der Waals surface area contributed by atoms with Gasteiger partial charge in [-0.3, -0.25) is 4.79 Å². The van der Waals surface area contributed by atoms with Crippen molar-refractivity contribution < 1.29 is 9.53 Å². The molecular formula is C13H22N2O2. The SMILES string of the molecule is CCCn1ccnc1CC(=O)COC(C)(C)C. The van der Waals surface area contributed by atoms with Crippen molar-refractivity contribution in [1.29, 1.82) is 0 Å². The van der Waals surface area contributed by atoms with Crippen LogP contribution in [0.25, 0.3) is 0 Å². The van der Waals surface area contributed by atoms with Gasteiger partial charge < -0.3 is 9.30 Å². The normalized spacial score (nSPS) is 11.8. The Hall–Kier alpha value is -1.16. The van der Waals surface area contributed by atoms with Gasteiger partial charge in [0, 0.05) is 18.9 Å². The van der Waals surface area contributed by atoms with E-state index in [2.05, 4.69) is 11.9 Å². The zero-order valence-corrected chi connectivity index (χ0v) is 11.2. The Bertz CT molecular complexity index is 364. The minimum Gasteiger partial charge on any atom is -0.368 e. The molecule has 0 spiro atoms. The Morgan fingerprint density at radius 3 is 2.76 bits per heavy atom. The summed E-state index contributed by atoms with van der Waals surface area (Å²) in [5, 5.41) is 0. The summed E-state index contributed by atoms with van der Waals surface area (Å²) in [5.74, 6) is 0.901. The van der Waals surface area contributed by atoms with Crippen molar-refractivity contribution >= 4 is 5.78 Å². The van der Waals surface area contributed by atoms with Gasteiger partial charge in [-0.1, -0.05) is 6.92 Å². The topological polar surface area (TPSA) is 44.1 Å². The van der Waals surface area contributed by atoms with Gasteiger partial charge in [0.15, 0.2) is 5.78 Å². The number of imidazole rings is 1. The number of carbonyl (C=O) groups excluding carboxylic acids is 1. The highest BCUT2D eigenvalue weighted by Crippen LogP contribution is 2.07. The van der Waals surface area contributed by atoms with E-state index < -0.39 is 0 Å². The molecule has 0 amide bonds. The van der Waals surface area contributed by atoms with Gasteiger partial charge in [0.2, 0.25) is 0 Å². The van der Waals surface area contributed by atoms with Crippen molar-refractivity contribution in [3.05, 3.63) is 18.2 Å². The van der Waals surface area contributed by atoms with Gasteiger partial charge in [0.1, 0.15) is 12.4 Å². The molecule has 0 aliphatic carbocycles. The largest absolute Gasteiger partial charge is 0.368 e. The van der Waals surface area contributed by atoms with E-state index in [0.717, 1.165) is 18.8 Å². The maximum atomic E-state index is 11.7. The van der Waals surface area contributed by atoms with Gasteiger partial charge in [-0.25, -0.2) is 4.98 Å². The van der Waals surface area contributed by atoms with Crippen LogP contribution < -0.4 is 0 Å².